The fourth-order valence-electron chi connectivity index (χ4n) is 2.21. The smallest absolute Gasteiger partial charge is 0.407 e. The Morgan fingerprint density at radius 3 is 3.09 bits per heavy atom. The molecule has 1 amide bonds. The van der Waals surface area contributed by atoms with E-state index in [1.807, 2.05) is 24.4 Å². The number of methoxy groups -OCH3 is 1. The molecular formula is C16H21N3O3. The van der Waals surface area contributed by atoms with E-state index in [0.717, 1.165) is 22.2 Å². The predicted molar refractivity (Wildman–Crippen MR) is 86.1 cm³/mol. The van der Waals surface area contributed by atoms with E-state index in [9.17, 15) is 4.79 Å². The molecule has 0 fully saturated rings. The van der Waals surface area contributed by atoms with Gasteiger partial charge in [0, 0.05) is 29.7 Å². The molecule has 0 aliphatic carbocycles. The molecule has 1 atom stereocenters. The second kappa shape index (κ2) is 7.51. The summed E-state index contributed by atoms with van der Waals surface area (Å²) in [6.07, 6.45) is 3.59. The zero-order valence-corrected chi connectivity index (χ0v) is 12.6. The highest BCUT2D eigenvalue weighted by molar-refractivity contribution is 5.84. The van der Waals surface area contributed by atoms with Crippen LogP contribution in [-0.4, -0.2) is 37.4 Å². The summed E-state index contributed by atoms with van der Waals surface area (Å²) in [5, 5.41) is 3.70. The highest BCUT2D eigenvalue weighted by Crippen LogP contribution is 2.24. The predicted octanol–water partition coefficient (Wildman–Crippen LogP) is 1.96. The fourth-order valence-corrected chi connectivity index (χ4v) is 2.21. The van der Waals surface area contributed by atoms with Crippen LogP contribution < -0.4 is 15.8 Å². The van der Waals surface area contributed by atoms with Gasteiger partial charge in [0.25, 0.3) is 0 Å². The van der Waals surface area contributed by atoms with Crippen molar-refractivity contribution in [3.63, 3.8) is 0 Å². The van der Waals surface area contributed by atoms with E-state index in [1.165, 1.54) is 6.08 Å². The number of H-pyrrole nitrogens is 1. The first-order valence-corrected chi connectivity index (χ1v) is 7.05. The molecule has 1 aromatic heterocycles. The Balaban J connectivity index is 1.95. The van der Waals surface area contributed by atoms with E-state index in [4.69, 9.17) is 15.2 Å². The molecule has 0 radical (unpaired) electrons. The van der Waals surface area contributed by atoms with Crippen LogP contribution in [-0.2, 0) is 11.2 Å². The van der Waals surface area contributed by atoms with Gasteiger partial charge in [-0.25, -0.2) is 4.79 Å². The molecule has 0 aliphatic heterocycles. The van der Waals surface area contributed by atoms with Crippen LogP contribution in [0.25, 0.3) is 10.9 Å². The van der Waals surface area contributed by atoms with Gasteiger partial charge in [-0.2, -0.15) is 0 Å². The highest BCUT2D eigenvalue weighted by atomic mass is 16.5. The molecular weight excluding hydrogens is 282 g/mol. The molecule has 2 aromatic rings. The average molecular weight is 303 g/mol. The van der Waals surface area contributed by atoms with Crippen LogP contribution in [0.4, 0.5) is 4.79 Å². The Morgan fingerprint density at radius 2 is 2.36 bits per heavy atom. The van der Waals surface area contributed by atoms with Crippen molar-refractivity contribution in [2.75, 3.05) is 20.3 Å². The number of alkyl carbamates (subject to hydrolysis) is 1. The average Bonchev–Trinajstić information content (AvgIpc) is 2.93. The van der Waals surface area contributed by atoms with E-state index in [-0.39, 0.29) is 12.6 Å². The third kappa shape index (κ3) is 4.02. The molecule has 0 saturated heterocycles. The van der Waals surface area contributed by atoms with Crippen LogP contribution in [0.2, 0.25) is 0 Å². The number of hydrogen-bond donors (Lipinski definition) is 3. The molecule has 0 aliphatic rings. The Labute approximate surface area is 129 Å². The summed E-state index contributed by atoms with van der Waals surface area (Å²) in [5.41, 5.74) is 8.18. The molecule has 118 valence electrons. The molecule has 6 heteroatoms. The second-order valence-electron chi connectivity index (χ2n) is 4.96. The lowest BCUT2D eigenvalue weighted by Crippen LogP contribution is -2.38. The van der Waals surface area contributed by atoms with Gasteiger partial charge in [0.2, 0.25) is 0 Å². The molecule has 0 unspecified atom stereocenters. The lowest BCUT2D eigenvalue weighted by Gasteiger charge is -2.12. The van der Waals surface area contributed by atoms with Gasteiger partial charge in [0.05, 0.1) is 7.11 Å². The van der Waals surface area contributed by atoms with Gasteiger partial charge in [-0.1, -0.05) is 12.7 Å². The van der Waals surface area contributed by atoms with Crippen LogP contribution in [0.1, 0.15) is 5.56 Å². The summed E-state index contributed by atoms with van der Waals surface area (Å²) in [4.78, 5) is 14.5. The Hall–Kier alpha value is -2.47. The van der Waals surface area contributed by atoms with Gasteiger partial charge in [-0.3, -0.25) is 0 Å². The van der Waals surface area contributed by atoms with E-state index in [0.29, 0.717) is 13.0 Å². The van der Waals surface area contributed by atoms with Crippen molar-refractivity contribution in [1.82, 2.24) is 10.3 Å². The first-order chi connectivity index (χ1) is 10.6. The lowest BCUT2D eigenvalue weighted by atomic mass is 10.1. The third-order valence-corrected chi connectivity index (χ3v) is 3.30. The number of carbonyl (C=O) groups excluding carboxylic acids is 1. The van der Waals surface area contributed by atoms with Gasteiger partial charge in [0.15, 0.2) is 0 Å². The van der Waals surface area contributed by atoms with E-state index >= 15 is 0 Å². The zero-order chi connectivity index (χ0) is 15.9. The molecule has 0 saturated carbocycles. The Bertz CT molecular complexity index is 651. The molecule has 22 heavy (non-hydrogen) atoms. The van der Waals surface area contributed by atoms with Crippen LogP contribution in [0.3, 0.4) is 0 Å². The zero-order valence-electron chi connectivity index (χ0n) is 12.6. The number of fused-ring (bicyclic) bond motifs is 1. The first-order valence-electron chi connectivity index (χ1n) is 7.05. The van der Waals surface area contributed by atoms with Crippen molar-refractivity contribution in [3.05, 3.63) is 42.6 Å². The fraction of sp³-hybridized carbons (Fsp3) is 0.312. The largest absolute Gasteiger partial charge is 0.497 e. The highest BCUT2D eigenvalue weighted by Gasteiger charge is 2.11. The molecule has 4 N–H and O–H groups in total. The van der Waals surface area contributed by atoms with Crippen LogP contribution in [0, 0.1) is 0 Å². The number of ether oxygens (including phenoxy) is 2. The Kier molecular flexibility index (Phi) is 5.43. The molecule has 2 rings (SSSR count). The maximum Gasteiger partial charge on any atom is 0.407 e. The summed E-state index contributed by atoms with van der Waals surface area (Å²) >= 11 is 0. The molecule has 6 nitrogen and oxygen atoms in total. The van der Waals surface area contributed by atoms with Crippen molar-refractivity contribution in [2.45, 2.75) is 12.5 Å². The molecule has 1 heterocycles. The minimum Gasteiger partial charge on any atom is -0.497 e. The Morgan fingerprint density at radius 1 is 1.55 bits per heavy atom. The van der Waals surface area contributed by atoms with E-state index in [1.54, 1.807) is 7.11 Å². The number of rotatable bonds is 7. The van der Waals surface area contributed by atoms with Gasteiger partial charge in [-0.15, -0.1) is 0 Å². The second-order valence-corrected chi connectivity index (χ2v) is 4.96. The number of benzene rings is 1. The number of nitrogens with two attached hydrogens (primary N) is 1. The van der Waals surface area contributed by atoms with Crippen LogP contribution >= 0.6 is 0 Å². The van der Waals surface area contributed by atoms with Crippen molar-refractivity contribution in [3.8, 4) is 5.75 Å². The summed E-state index contributed by atoms with van der Waals surface area (Å²) in [5.74, 6) is 0.799. The summed E-state index contributed by atoms with van der Waals surface area (Å²) in [6, 6.07) is 5.63. The molecule has 0 bridgehead atoms. The quantitative estimate of drug-likeness (QED) is 0.682. The summed E-state index contributed by atoms with van der Waals surface area (Å²) in [6.45, 7) is 4.00. The van der Waals surface area contributed by atoms with Crippen molar-refractivity contribution in [1.29, 1.82) is 0 Å². The number of nitrogens with one attached hydrogen (secondary N) is 2. The SMILES string of the molecule is C=CCOC(=O)NC[C@H](N)Cc1c[nH]c2ccc(OC)cc12. The minimum absolute atomic E-state index is 0.184. The lowest BCUT2D eigenvalue weighted by molar-refractivity contribution is 0.157. The number of hydrogen-bond acceptors (Lipinski definition) is 4. The molecule has 1 aromatic carbocycles. The maximum absolute atomic E-state index is 11.3. The number of aromatic nitrogens is 1. The van der Waals surface area contributed by atoms with Crippen LogP contribution in [0.5, 0.6) is 5.75 Å². The summed E-state index contributed by atoms with van der Waals surface area (Å²) in [7, 11) is 1.64. The third-order valence-electron chi connectivity index (χ3n) is 3.30. The van der Waals surface area contributed by atoms with E-state index in [2.05, 4.69) is 16.9 Å². The number of carbonyl (C=O) groups is 1. The number of aromatic amines is 1. The van der Waals surface area contributed by atoms with Crippen molar-refractivity contribution < 1.29 is 14.3 Å². The van der Waals surface area contributed by atoms with Crippen LogP contribution in [0.15, 0.2) is 37.1 Å². The van der Waals surface area contributed by atoms with E-state index < -0.39 is 6.09 Å². The normalized spacial score (nSPS) is 11.9. The molecule has 0 spiro atoms. The van der Waals surface area contributed by atoms with Gasteiger partial charge in [-0.05, 0) is 30.2 Å². The number of amides is 1. The van der Waals surface area contributed by atoms with Crippen molar-refractivity contribution in [2.24, 2.45) is 5.73 Å². The van der Waals surface area contributed by atoms with Gasteiger partial charge >= 0.3 is 6.09 Å². The maximum atomic E-state index is 11.3. The first kappa shape index (κ1) is 15.9. The summed E-state index contributed by atoms with van der Waals surface area (Å²) < 4.78 is 10.1. The van der Waals surface area contributed by atoms with Crippen molar-refractivity contribution >= 4 is 17.0 Å². The minimum atomic E-state index is -0.490. The standard InChI is InChI=1S/C16H21N3O3/c1-3-6-22-16(20)19-10-12(17)7-11-9-18-15-5-4-13(21-2)8-14(11)15/h3-5,8-9,12,18H,1,6-7,10,17H2,2H3,(H,19,20)/t12-/m1/s1. The van der Waals surface area contributed by atoms with Gasteiger partial charge in [0.1, 0.15) is 12.4 Å². The monoisotopic (exact) mass is 303 g/mol. The van der Waals surface area contributed by atoms with Gasteiger partial charge < -0.3 is 25.5 Å². The topological polar surface area (TPSA) is 89.4 Å².